The molecule has 154 valence electrons. The van der Waals surface area contributed by atoms with Gasteiger partial charge in [-0.2, -0.15) is 0 Å². The first-order valence-corrected chi connectivity index (χ1v) is 10.2. The molecule has 0 aliphatic carbocycles. The van der Waals surface area contributed by atoms with Crippen LogP contribution < -0.4 is 5.32 Å². The van der Waals surface area contributed by atoms with Gasteiger partial charge in [-0.25, -0.2) is 0 Å². The van der Waals surface area contributed by atoms with Crippen molar-refractivity contribution in [2.24, 2.45) is 11.8 Å². The van der Waals surface area contributed by atoms with Gasteiger partial charge < -0.3 is 15.0 Å². The number of carbonyl (C=O) groups excluding carboxylic acids is 3. The molecular weight excluding hydrogens is 403 g/mol. The van der Waals surface area contributed by atoms with Crippen LogP contribution in [0.5, 0.6) is 0 Å². The Balaban J connectivity index is 1.87. The van der Waals surface area contributed by atoms with E-state index in [0.29, 0.717) is 41.8 Å². The fourth-order valence-electron chi connectivity index (χ4n) is 3.18. The van der Waals surface area contributed by atoms with Crippen molar-refractivity contribution in [1.29, 1.82) is 0 Å². The Morgan fingerprint density at radius 3 is 2.71 bits per heavy atom. The zero-order valence-electron chi connectivity index (χ0n) is 16.2. The lowest BCUT2D eigenvalue weighted by Gasteiger charge is -2.32. The van der Waals surface area contributed by atoms with Gasteiger partial charge in [-0.05, 0) is 43.9 Å². The standard InChI is InChI=1S/C20H26Cl2N2O4/c1-3-28-18(25)9-13(2)11-23-19(26)15-5-4-8-24(12-15)20(27)14-6-7-16(21)17(22)10-14/h6-7,10,13,15H,3-5,8-9,11-12H2,1-2H3,(H,23,26)/t13-,15+/m0/s1. The fraction of sp³-hybridized carbons (Fsp3) is 0.550. The van der Waals surface area contributed by atoms with E-state index in [9.17, 15) is 14.4 Å². The van der Waals surface area contributed by atoms with Gasteiger partial charge in [0.15, 0.2) is 0 Å². The molecule has 2 rings (SSSR count). The van der Waals surface area contributed by atoms with Crippen molar-refractivity contribution in [3.05, 3.63) is 33.8 Å². The van der Waals surface area contributed by atoms with E-state index in [2.05, 4.69) is 5.32 Å². The highest BCUT2D eigenvalue weighted by Gasteiger charge is 2.29. The van der Waals surface area contributed by atoms with Gasteiger partial charge in [0.25, 0.3) is 5.91 Å². The summed E-state index contributed by atoms with van der Waals surface area (Å²) in [4.78, 5) is 38.4. The minimum Gasteiger partial charge on any atom is -0.466 e. The van der Waals surface area contributed by atoms with Crippen molar-refractivity contribution >= 4 is 41.0 Å². The van der Waals surface area contributed by atoms with E-state index < -0.39 is 0 Å². The molecule has 1 aliphatic rings. The van der Waals surface area contributed by atoms with Crippen LogP contribution in [0, 0.1) is 11.8 Å². The topological polar surface area (TPSA) is 75.7 Å². The molecule has 1 N–H and O–H groups in total. The minimum atomic E-state index is -0.268. The van der Waals surface area contributed by atoms with Crippen molar-refractivity contribution in [3.63, 3.8) is 0 Å². The quantitative estimate of drug-likeness (QED) is 0.673. The average molecular weight is 429 g/mol. The lowest BCUT2D eigenvalue weighted by molar-refractivity contribution is -0.144. The van der Waals surface area contributed by atoms with E-state index in [1.807, 2.05) is 6.92 Å². The van der Waals surface area contributed by atoms with E-state index >= 15 is 0 Å². The molecule has 0 spiro atoms. The number of benzene rings is 1. The second-order valence-electron chi connectivity index (χ2n) is 7.08. The summed E-state index contributed by atoms with van der Waals surface area (Å²) in [6, 6.07) is 4.78. The number of ether oxygens (including phenoxy) is 1. The normalized spacial score (nSPS) is 17.7. The highest BCUT2D eigenvalue weighted by atomic mass is 35.5. The number of esters is 1. The number of piperidine rings is 1. The molecule has 1 fully saturated rings. The first-order valence-electron chi connectivity index (χ1n) is 9.49. The monoisotopic (exact) mass is 428 g/mol. The Morgan fingerprint density at radius 2 is 2.04 bits per heavy atom. The van der Waals surface area contributed by atoms with E-state index in [4.69, 9.17) is 27.9 Å². The molecule has 1 heterocycles. The Hall–Kier alpha value is -1.79. The molecule has 0 unspecified atom stereocenters. The number of hydrogen-bond donors (Lipinski definition) is 1. The Morgan fingerprint density at radius 1 is 1.29 bits per heavy atom. The van der Waals surface area contributed by atoms with Gasteiger partial charge in [-0.3, -0.25) is 14.4 Å². The van der Waals surface area contributed by atoms with Crippen molar-refractivity contribution in [2.75, 3.05) is 26.2 Å². The number of rotatable bonds is 7. The van der Waals surface area contributed by atoms with Gasteiger partial charge in [0, 0.05) is 31.6 Å². The van der Waals surface area contributed by atoms with Crippen molar-refractivity contribution in [3.8, 4) is 0 Å². The van der Waals surface area contributed by atoms with Crippen LogP contribution in [-0.2, 0) is 14.3 Å². The predicted molar refractivity (Wildman–Crippen MR) is 109 cm³/mol. The number of likely N-dealkylation sites (tertiary alicyclic amines) is 1. The van der Waals surface area contributed by atoms with Crippen LogP contribution in [-0.4, -0.2) is 48.9 Å². The molecular formula is C20H26Cl2N2O4. The summed E-state index contributed by atoms with van der Waals surface area (Å²) in [5.41, 5.74) is 0.457. The van der Waals surface area contributed by atoms with Crippen LogP contribution in [0.4, 0.5) is 0 Å². The van der Waals surface area contributed by atoms with Crippen LogP contribution in [0.2, 0.25) is 10.0 Å². The lowest BCUT2D eigenvalue weighted by atomic mass is 9.96. The Labute approximate surface area is 175 Å². The molecule has 0 saturated carbocycles. The molecule has 6 nitrogen and oxygen atoms in total. The van der Waals surface area contributed by atoms with Crippen LogP contribution in [0.3, 0.4) is 0 Å². The maximum Gasteiger partial charge on any atom is 0.306 e. The molecule has 1 aliphatic heterocycles. The summed E-state index contributed by atoms with van der Waals surface area (Å²) in [6.45, 7) is 5.35. The summed E-state index contributed by atoms with van der Waals surface area (Å²) < 4.78 is 4.92. The summed E-state index contributed by atoms with van der Waals surface area (Å²) in [5.74, 6) is -0.801. The zero-order chi connectivity index (χ0) is 20.7. The third-order valence-electron chi connectivity index (χ3n) is 4.69. The highest BCUT2D eigenvalue weighted by molar-refractivity contribution is 6.42. The number of hydrogen-bond acceptors (Lipinski definition) is 4. The molecule has 2 atom stereocenters. The Bertz CT molecular complexity index is 726. The Kier molecular flexibility index (Phi) is 8.58. The minimum absolute atomic E-state index is 0.0134. The molecule has 0 bridgehead atoms. The van der Waals surface area contributed by atoms with E-state index in [1.54, 1.807) is 30.0 Å². The molecule has 1 saturated heterocycles. The zero-order valence-corrected chi connectivity index (χ0v) is 17.7. The van der Waals surface area contributed by atoms with Gasteiger partial charge in [0.1, 0.15) is 0 Å². The van der Waals surface area contributed by atoms with Crippen molar-refractivity contribution in [1.82, 2.24) is 10.2 Å². The maximum atomic E-state index is 12.7. The third-order valence-corrected chi connectivity index (χ3v) is 5.43. The molecule has 2 amide bonds. The number of halogens is 2. The smallest absolute Gasteiger partial charge is 0.306 e. The van der Waals surface area contributed by atoms with Gasteiger partial charge in [-0.1, -0.05) is 30.1 Å². The van der Waals surface area contributed by atoms with E-state index in [1.165, 1.54) is 0 Å². The summed E-state index contributed by atoms with van der Waals surface area (Å²) in [7, 11) is 0. The molecule has 0 aromatic heterocycles. The molecule has 8 heteroatoms. The predicted octanol–water partition coefficient (Wildman–Crippen LogP) is 3.55. The summed E-state index contributed by atoms with van der Waals surface area (Å²) >= 11 is 11.9. The number of amides is 2. The van der Waals surface area contributed by atoms with E-state index in [-0.39, 0.29) is 36.0 Å². The molecule has 0 radical (unpaired) electrons. The summed E-state index contributed by atoms with van der Waals surface area (Å²) in [6.07, 6.45) is 1.74. The fourth-order valence-corrected chi connectivity index (χ4v) is 3.48. The summed E-state index contributed by atoms with van der Waals surface area (Å²) in [5, 5.41) is 3.61. The molecule has 1 aromatic rings. The van der Waals surface area contributed by atoms with Crippen LogP contribution >= 0.6 is 23.2 Å². The first kappa shape index (κ1) is 22.5. The van der Waals surface area contributed by atoms with Crippen LogP contribution in [0.15, 0.2) is 18.2 Å². The van der Waals surface area contributed by atoms with Crippen molar-refractivity contribution in [2.45, 2.75) is 33.1 Å². The lowest BCUT2D eigenvalue weighted by Crippen LogP contribution is -2.46. The van der Waals surface area contributed by atoms with Gasteiger partial charge in [-0.15, -0.1) is 0 Å². The number of nitrogens with one attached hydrogen (secondary N) is 1. The number of carbonyl (C=O) groups is 3. The average Bonchev–Trinajstić information content (AvgIpc) is 2.68. The SMILES string of the molecule is CCOC(=O)C[C@H](C)CNC(=O)[C@@H]1CCCN(C(=O)c2ccc(Cl)c(Cl)c2)C1. The largest absolute Gasteiger partial charge is 0.466 e. The molecule has 1 aromatic carbocycles. The van der Waals surface area contributed by atoms with Crippen LogP contribution in [0.25, 0.3) is 0 Å². The van der Waals surface area contributed by atoms with Gasteiger partial charge in [0.05, 0.1) is 22.6 Å². The van der Waals surface area contributed by atoms with Crippen molar-refractivity contribution < 1.29 is 19.1 Å². The third kappa shape index (κ3) is 6.38. The highest BCUT2D eigenvalue weighted by Crippen LogP contribution is 2.25. The first-order chi connectivity index (χ1) is 13.3. The maximum absolute atomic E-state index is 12.7. The second-order valence-corrected chi connectivity index (χ2v) is 7.89. The van der Waals surface area contributed by atoms with E-state index in [0.717, 1.165) is 12.8 Å². The second kappa shape index (κ2) is 10.7. The molecule has 28 heavy (non-hydrogen) atoms. The van der Waals surface area contributed by atoms with Crippen LogP contribution in [0.1, 0.15) is 43.5 Å². The number of nitrogens with zero attached hydrogens (tertiary/aromatic N) is 1. The van der Waals surface area contributed by atoms with Gasteiger partial charge >= 0.3 is 5.97 Å². The van der Waals surface area contributed by atoms with Gasteiger partial charge in [0.2, 0.25) is 5.91 Å².